The zero-order valence-electron chi connectivity index (χ0n) is 20.3. The molecule has 1 aliphatic rings. The van der Waals surface area contributed by atoms with Gasteiger partial charge in [-0.15, -0.1) is 0 Å². The van der Waals surface area contributed by atoms with Gasteiger partial charge in [0.05, 0.1) is 17.6 Å². The van der Waals surface area contributed by atoms with Crippen molar-refractivity contribution in [2.45, 2.75) is 20.8 Å². The molecule has 1 fully saturated rings. The summed E-state index contributed by atoms with van der Waals surface area (Å²) in [6, 6.07) is 16.2. The van der Waals surface area contributed by atoms with Crippen LogP contribution in [0.1, 0.15) is 32.9 Å². The van der Waals surface area contributed by atoms with Gasteiger partial charge in [-0.1, -0.05) is 12.1 Å². The Kier molecular flexibility index (Phi) is 7.12. The van der Waals surface area contributed by atoms with Gasteiger partial charge in [0.2, 0.25) is 5.91 Å². The molecule has 4 rings (SSSR count). The number of aryl methyl sites for hydroxylation is 2. The van der Waals surface area contributed by atoms with E-state index in [0.717, 1.165) is 44.9 Å². The Labute approximate surface area is 212 Å². The van der Waals surface area contributed by atoms with Crippen LogP contribution in [-0.2, 0) is 14.3 Å². The van der Waals surface area contributed by atoms with Crippen molar-refractivity contribution >= 4 is 46.5 Å². The first-order chi connectivity index (χ1) is 17.2. The number of benzene rings is 2. The normalized spacial score (nSPS) is 14.4. The molecule has 1 N–H and O–H groups in total. The third-order valence-corrected chi connectivity index (χ3v) is 6.69. The molecular formula is C27H25N3O5S. The summed E-state index contributed by atoms with van der Waals surface area (Å²) in [6.45, 7) is 5.39. The van der Waals surface area contributed by atoms with E-state index >= 15 is 0 Å². The second-order valence-corrected chi connectivity index (χ2v) is 9.38. The minimum absolute atomic E-state index is 0.254. The lowest BCUT2D eigenvalue weighted by Crippen LogP contribution is -2.36. The summed E-state index contributed by atoms with van der Waals surface area (Å²) in [5, 5.41) is 2.23. The summed E-state index contributed by atoms with van der Waals surface area (Å²) in [4.78, 5) is 50.9. The molecule has 0 spiro atoms. The molecule has 184 valence electrons. The number of carbonyl (C=O) groups is 4. The zero-order chi connectivity index (χ0) is 26.0. The summed E-state index contributed by atoms with van der Waals surface area (Å²) < 4.78 is 6.74. The Morgan fingerprint density at radius 1 is 1.03 bits per heavy atom. The maximum Gasteiger partial charge on any atom is 0.337 e. The first-order valence-corrected chi connectivity index (χ1v) is 12.0. The number of nitrogens with zero attached hydrogens (tertiary/aromatic N) is 2. The highest BCUT2D eigenvalue weighted by Gasteiger charge is 2.36. The molecule has 3 aromatic rings. The average molecular weight is 504 g/mol. The number of aromatic nitrogens is 1. The third-order valence-electron chi connectivity index (χ3n) is 5.78. The van der Waals surface area contributed by atoms with E-state index in [2.05, 4.69) is 5.32 Å². The summed E-state index contributed by atoms with van der Waals surface area (Å²) in [6.07, 6.45) is 1.67. The average Bonchev–Trinajstić information content (AvgIpc) is 3.27. The quantitative estimate of drug-likeness (QED) is 0.381. The largest absolute Gasteiger partial charge is 0.465 e. The van der Waals surface area contributed by atoms with Crippen molar-refractivity contribution in [3.05, 3.63) is 87.6 Å². The van der Waals surface area contributed by atoms with Gasteiger partial charge in [0, 0.05) is 22.8 Å². The number of anilines is 1. The van der Waals surface area contributed by atoms with Crippen molar-refractivity contribution in [3.63, 3.8) is 0 Å². The molecular weight excluding hydrogens is 478 g/mol. The Morgan fingerprint density at radius 2 is 1.75 bits per heavy atom. The number of hydrogen-bond donors (Lipinski definition) is 1. The number of rotatable bonds is 6. The highest BCUT2D eigenvalue weighted by molar-refractivity contribution is 8.18. The Hall–Kier alpha value is -4.11. The number of ether oxygens (including phenoxy) is 1. The molecule has 2 aromatic carbocycles. The lowest BCUT2D eigenvalue weighted by atomic mass is 10.2. The van der Waals surface area contributed by atoms with Crippen LogP contribution < -0.4 is 5.32 Å². The number of esters is 1. The van der Waals surface area contributed by atoms with Crippen molar-refractivity contribution in [1.29, 1.82) is 0 Å². The van der Waals surface area contributed by atoms with Crippen LogP contribution in [0.15, 0.2) is 59.5 Å². The van der Waals surface area contributed by atoms with Crippen molar-refractivity contribution in [3.8, 4) is 5.69 Å². The summed E-state index contributed by atoms with van der Waals surface area (Å²) >= 11 is 0.813. The number of nitrogens with one attached hydrogen (secondary N) is 1. The van der Waals surface area contributed by atoms with Crippen LogP contribution in [0, 0.1) is 20.8 Å². The Morgan fingerprint density at radius 3 is 2.42 bits per heavy atom. The van der Waals surface area contributed by atoms with Crippen LogP contribution in [0.4, 0.5) is 10.5 Å². The van der Waals surface area contributed by atoms with E-state index in [1.54, 1.807) is 24.3 Å². The van der Waals surface area contributed by atoms with E-state index in [1.807, 2.05) is 61.7 Å². The van der Waals surface area contributed by atoms with Gasteiger partial charge in [-0.2, -0.15) is 0 Å². The molecule has 0 atom stereocenters. The highest BCUT2D eigenvalue weighted by atomic mass is 32.2. The minimum Gasteiger partial charge on any atom is -0.465 e. The fraction of sp³-hybridized carbons (Fsp3) is 0.185. The first-order valence-electron chi connectivity index (χ1n) is 11.2. The second-order valence-electron chi connectivity index (χ2n) is 8.39. The number of carbonyl (C=O) groups excluding carboxylic acids is 4. The maximum absolute atomic E-state index is 13.0. The predicted molar refractivity (Wildman–Crippen MR) is 139 cm³/mol. The molecule has 1 aromatic heterocycles. The number of methoxy groups -OCH3 is 1. The summed E-state index contributed by atoms with van der Waals surface area (Å²) in [5.41, 5.74) is 5.44. The van der Waals surface area contributed by atoms with E-state index < -0.39 is 23.0 Å². The van der Waals surface area contributed by atoms with Crippen molar-refractivity contribution in [2.24, 2.45) is 0 Å². The molecule has 0 radical (unpaired) electrons. The van der Waals surface area contributed by atoms with Gasteiger partial charge in [0.25, 0.3) is 11.1 Å². The van der Waals surface area contributed by atoms with Crippen molar-refractivity contribution in [1.82, 2.24) is 9.47 Å². The van der Waals surface area contributed by atoms with Gasteiger partial charge in [-0.3, -0.25) is 19.3 Å². The van der Waals surface area contributed by atoms with E-state index in [9.17, 15) is 19.2 Å². The topological polar surface area (TPSA) is 97.7 Å². The van der Waals surface area contributed by atoms with Crippen LogP contribution in [0.2, 0.25) is 0 Å². The summed E-state index contributed by atoms with van der Waals surface area (Å²) in [5.74, 6) is -1.36. The van der Waals surface area contributed by atoms with Crippen molar-refractivity contribution in [2.75, 3.05) is 19.0 Å². The van der Waals surface area contributed by atoms with E-state index in [4.69, 9.17) is 4.74 Å². The minimum atomic E-state index is -0.503. The molecule has 8 nitrogen and oxygen atoms in total. The molecule has 9 heteroatoms. The highest BCUT2D eigenvalue weighted by Crippen LogP contribution is 2.33. The van der Waals surface area contributed by atoms with E-state index in [-0.39, 0.29) is 11.4 Å². The van der Waals surface area contributed by atoms with Gasteiger partial charge >= 0.3 is 5.97 Å². The SMILES string of the molecule is COC(=O)c1ccc(-n2c(C)cc(/C=C3\SC(=O)N(CC(=O)Nc4cccc(C)c4)C3=O)c2C)cc1. The van der Waals surface area contributed by atoms with E-state index in [0.29, 0.717) is 11.3 Å². The fourth-order valence-electron chi connectivity index (χ4n) is 4.04. The number of hydrogen-bond acceptors (Lipinski definition) is 6. The number of amides is 3. The first kappa shape index (κ1) is 25.0. The molecule has 1 aliphatic heterocycles. The second kappa shape index (κ2) is 10.2. The standard InChI is InChI=1S/C27H25N3O5S/c1-16-6-5-7-21(12-16)28-24(31)15-29-25(32)23(36-27(29)34)14-20-13-17(2)30(18(20)3)22-10-8-19(9-11-22)26(33)35-4/h5-14H,15H2,1-4H3,(H,28,31)/b23-14-. The van der Waals surface area contributed by atoms with Gasteiger partial charge < -0.3 is 14.6 Å². The van der Waals surface area contributed by atoms with Gasteiger partial charge in [-0.05, 0) is 92.2 Å². The summed E-state index contributed by atoms with van der Waals surface area (Å²) in [7, 11) is 1.33. The monoisotopic (exact) mass is 503 g/mol. The lowest BCUT2D eigenvalue weighted by molar-refractivity contribution is -0.127. The van der Waals surface area contributed by atoms with Crippen LogP contribution in [-0.4, -0.2) is 46.1 Å². The Bertz CT molecular complexity index is 1410. The van der Waals surface area contributed by atoms with Gasteiger partial charge in [0.15, 0.2) is 0 Å². The van der Waals surface area contributed by atoms with Gasteiger partial charge in [0.1, 0.15) is 6.54 Å². The molecule has 2 heterocycles. The molecule has 36 heavy (non-hydrogen) atoms. The molecule has 0 aliphatic carbocycles. The van der Waals surface area contributed by atoms with Crippen LogP contribution in [0.3, 0.4) is 0 Å². The molecule has 0 unspecified atom stereocenters. The van der Waals surface area contributed by atoms with Crippen LogP contribution in [0.5, 0.6) is 0 Å². The molecule has 1 saturated heterocycles. The predicted octanol–water partition coefficient (Wildman–Crippen LogP) is 4.86. The number of imide groups is 1. The lowest BCUT2D eigenvalue weighted by Gasteiger charge is -2.12. The van der Waals surface area contributed by atoms with Gasteiger partial charge in [-0.25, -0.2) is 4.79 Å². The zero-order valence-corrected chi connectivity index (χ0v) is 21.1. The smallest absolute Gasteiger partial charge is 0.337 e. The molecule has 0 bridgehead atoms. The Balaban J connectivity index is 1.52. The number of thioether (sulfide) groups is 1. The molecule has 0 saturated carbocycles. The van der Waals surface area contributed by atoms with Crippen LogP contribution >= 0.6 is 11.8 Å². The maximum atomic E-state index is 13.0. The fourth-order valence-corrected chi connectivity index (χ4v) is 4.87. The van der Waals surface area contributed by atoms with Crippen LogP contribution in [0.25, 0.3) is 11.8 Å². The third kappa shape index (κ3) is 5.11. The van der Waals surface area contributed by atoms with E-state index in [1.165, 1.54) is 7.11 Å². The van der Waals surface area contributed by atoms with Crippen molar-refractivity contribution < 1.29 is 23.9 Å². The molecule has 3 amide bonds.